The van der Waals surface area contributed by atoms with Gasteiger partial charge in [-0.3, -0.25) is 14.4 Å². The summed E-state index contributed by atoms with van der Waals surface area (Å²) in [6, 6.07) is 6.26. The number of benzene rings is 1. The summed E-state index contributed by atoms with van der Waals surface area (Å²) < 4.78 is 2.08. The van der Waals surface area contributed by atoms with Crippen LogP contribution in [0.4, 0.5) is 0 Å². The Morgan fingerprint density at radius 3 is 1.00 bits per heavy atom. The van der Waals surface area contributed by atoms with Crippen LogP contribution in [-0.2, 0) is 31.6 Å². The molecule has 198 valence electrons. The first kappa shape index (κ1) is 34.0. The molecule has 0 aromatic heterocycles. The minimum Gasteiger partial charge on any atom is -0.481 e. The molecule has 0 amide bonds. The average Bonchev–Trinajstić information content (AvgIpc) is 2.79. The van der Waals surface area contributed by atoms with Crippen LogP contribution in [0.3, 0.4) is 0 Å². The van der Waals surface area contributed by atoms with Gasteiger partial charge in [0.2, 0.25) is 0 Å². The zero-order valence-electron chi connectivity index (χ0n) is 18.8. The second-order valence-electron chi connectivity index (χ2n) is 6.75. The van der Waals surface area contributed by atoms with E-state index in [9.17, 15) is 14.4 Å². The van der Waals surface area contributed by atoms with Crippen LogP contribution in [0.2, 0.25) is 0 Å². The lowest BCUT2D eigenvalue weighted by Crippen LogP contribution is -1.99. The van der Waals surface area contributed by atoms with E-state index in [4.69, 9.17) is 52.0 Å². The maximum absolute atomic E-state index is 10.7. The number of thiocarbonyl (C=S) groups is 3. The van der Waals surface area contributed by atoms with Gasteiger partial charge in [0.15, 0.2) is 0 Å². The third kappa shape index (κ3) is 18.3. The summed E-state index contributed by atoms with van der Waals surface area (Å²) in [5.74, 6) is 0.706. The molecular formula is C21H24O6S9. The summed E-state index contributed by atoms with van der Waals surface area (Å²) in [5, 5.41) is 26.3. The predicted molar refractivity (Wildman–Crippen MR) is 172 cm³/mol. The number of rotatable bonds is 15. The van der Waals surface area contributed by atoms with Crippen LogP contribution in [-0.4, -0.2) is 61.1 Å². The number of carbonyl (C=O) groups is 3. The molecule has 3 N–H and O–H groups in total. The normalized spacial score (nSPS) is 10.7. The van der Waals surface area contributed by atoms with Gasteiger partial charge in [-0.25, -0.2) is 0 Å². The van der Waals surface area contributed by atoms with Gasteiger partial charge in [0.1, 0.15) is 10.6 Å². The standard InChI is InChI=1S/C21H24O6S9/c22-16(23)1-4-31-19(28)34-10-13-7-14(11-35-20(29)32-5-2-17(24)25)9-15(8-13)12-36-21(30)33-6-3-18(26)27/h7-9H,1-6,10-12H2,(H,22,23)(H,24,25)(H,26,27). The fourth-order valence-electron chi connectivity index (χ4n) is 2.31. The van der Waals surface area contributed by atoms with Crippen LogP contribution in [0.1, 0.15) is 36.0 Å². The van der Waals surface area contributed by atoms with Crippen molar-refractivity contribution in [3.63, 3.8) is 0 Å². The minimum absolute atomic E-state index is 0.0637. The van der Waals surface area contributed by atoms with Crippen molar-refractivity contribution in [2.45, 2.75) is 36.5 Å². The molecule has 0 aliphatic rings. The molecule has 0 radical (unpaired) electrons. The van der Waals surface area contributed by atoms with Gasteiger partial charge in [0.05, 0.1) is 19.3 Å². The Morgan fingerprint density at radius 1 is 0.528 bits per heavy atom. The Balaban J connectivity index is 2.75. The molecule has 0 fully saturated rings. The number of aliphatic carboxylic acids is 3. The van der Waals surface area contributed by atoms with Gasteiger partial charge in [0, 0.05) is 34.5 Å². The van der Waals surface area contributed by atoms with Crippen LogP contribution < -0.4 is 0 Å². The number of hydrogen-bond acceptors (Lipinski definition) is 12. The molecule has 0 aliphatic carbocycles. The van der Waals surface area contributed by atoms with Crippen molar-refractivity contribution in [1.82, 2.24) is 0 Å². The zero-order chi connectivity index (χ0) is 26.9. The Bertz CT molecular complexity index is 822. The van der Waals surface area contributed by atoms with Gasteiger partial charge < -0.3 is 15.3 Å². The molecule has 0 atom stereocenters. The van der Waals surface area contributed by atoms with Crippen molar-refractivity contribution in [2.24, 2.45) is 0 Å². The third-order valence-electron chi connectivity index (χ3n) is 3.79. The number of carboxylic acid groups (broad SMARTS) is 3. The molecule has 0 aliphatic heterocycles. The lowest BCUT2D eigenvalue weighted by molar-refractivity contribution is -0.137. The van der Waals surface area contributed by atoms with E-state index in [0.717, 1.165) is 16.7 Å². The number of thioether (sulfide) groups is 6. The summed E-state index contributed by atoms with van der Waals surface area (Å²) >= 11 is 24.6. The molecule has 0 bridgehead atoms. The zero-order valence-corrected chi connectivity index (χ0v) is 26.2. The second kappa shape index (κ2) is 20.0. The van der Waals surface area contributed by atoms with Gasteiger partial charge in [-0.05, 0) is 16.7 Å². The van der Waals surface area contributed by atoms with E-state index in [0.29, 0.717) is 45.1 Å². The van der Waals surface area contributed by atoms with Crippen LogP contribution in [0.15, 0.2) is 18.2 Å². The van der Waals surface area contributed by atoms with Gasteiger partial charge in [0.25, 0.3) is 0 Å². The fourth-order valence-corrected chi connectivity index (χ4v) is 8.55. The third-order valence-corrected chi connectivity index (χ3v) is 12.1. The Morgan fingerprint density at radius 2 is 0.778 bits per heavy atom. The van der Waals surface area contributed by atoms with Crippen molar-refractivity contribution in [3.05, 3.63) is 34.9 Å². The van der Waals surface area contributed by atoms with Crippen molar-refractivity contribution in [2.75, 3.05) is 17.3 Å². The van der Waals surface area contributed by atoms with Crippen molar-refractivity contribution in [1.29, 1.82) is 0 Å². The lowest BCUT2D eigenvalue weighted by Gasteiger charge is -2.11. The summed E-state index contributed by atoms with van der Waals surface area (Å²) in [4.78, 5) is 32.1. The summed E-state index contributed by atoms with van der Waals surface area (Å²) in [6.07, 6.45) is 0.191. The predicted octanol–water partition coefficient (Wildman–Crippen LogP) is 6.86. The van der Waals surface area contributed by atoms with Gasteiger partial charge >= 0.3 is 17.9 Å². The van der Waals surface area contributed by atoms with E-state index in [1.165, 1.54) is 70.6 Å². The molecule has 1 aromatic rings. The Hall–Kier alpha value is -0.000000000000000333. The lowest BCUT2D eigenvalue weighted by atomic mass is 10.1. The van der Waals surface area contributed by atoms with E-state index in [1.807, 2.05) is 0 Å². The molecule has 0 spiro atoms. The first-order chi connectivity index (χ1) is 17.0. The molecule has 6 nitrogen and oxygen atoms in total. The van der Waals surface area contributed by atoms with Crippen LogP contribution in [0.25, 0.3) is 0 Å². The molecule has 0 heterocycles. The van der Waals surface area contributed by atoms with Crippen molar-refractivity contribution in [3.8, 4) is 0 Å². The highest BCUT2D eigenvalue weighted by atomic mass is 32.2. The van der Waals surface area contributed by atoms with E-state index in [2.05, 4.69) is 18.2 Å². The van der Waals surface area contributed by atoms with Crippen molar-refractivity contribution < 1.29 is 29.7 Å². The molecule has 1 aromatic carbocycles. The Kier molecular flexibility index (Phi) is 18.9. The minimum atomic E-state index is -0.847. The van der Waals surface area contributed by atoms with E-state index in [-0.39, 0.29) is 19.3 Å². The van der Waals surface area contributed by atoms with E-state index in [1.54, 1.807) is 0 Å². The van der Waals surface area contributed by atoms with Crippen molar-refractivity contribution >= 4 is 136 Å². The van der Waals surface area contributed by atoms with Crippen LogP contribution in [0, 0.1) is 0 Å². The molecule has 0 unspecified atom stereocenters. The monoisotopic (exact) mass is 660 g/mol. The second-order valence-corrected chi connectivity index (χ2v) is 16.6. The quantitative estimate of drug-likeness (QED) is 0.170. The van der Waals surface area contributed by atoms with Gasteiger partial charge in [-0.1, -0.05) is 54.9 Å². The van der Waals surface area contributed by atoms with Gasteiger partial charge in [-0.15, -0.1) is 70.6 Å². The average molecular weight is 661 g/mol. The molecule has 0 saturated heterocycles. The van der Waals surface area contributed by atoms with Gasteiger partial charge in [-0.2, -0.15) is 0 Å². The number of hydrogen-bond donors (Lipinski definition) is 3. The summed E-state index contributed by atoms with van der Waals surface area (Å²) in [6.45, 7) is 0. The maximum atomic E-state index is 10.7. The Labute approximate surface area is 252 Å². The molecule has 36 heavy (non-hydrogen) atoms. The molecular weight excluding hydrogens is 637 g/mol. The molecule has 0 saturated carbocycles. The smallest absolute Gasteiger partial charge is 0.304 e. The highest BCUT2D eigenvalue weighted by Gasteiger charge is 2.09. The first-order valence-electron chi connectivity index (χ1n) is 10.2. The highest BCUT2D eigenvalue weighted by molar-refractivity contribution is 8.47. The molecule has 15 heteroatoms. The van der Waals surface area contributed by atoms with E-state index >= 15 is 0 Å². The maximum Gasteiger partial charge on any atom is 0.304 e. The largest absolute Gasteiger partial charge is 0.481 e. The first-order valence-corrected chi connectivity index (χ1v) is 17.3. The van der Waals surface area contributed by atoms with Crippen LogP contribution >= 0.6 is 107 Å². The van der Waals surface area contributed by atoms with Crippen LogP contribution in [0.5, 0.6) is 0 Å². The fraction of sp³-hybridized carbons (Fsp3) is 0.429. The topological polar surface area (TPSA) is 112 Å². The number of carboxylic acids is 3. The SMILES string of the molecule is O=C(O)CCSC(=S)SCc1cc(CSC(=S)SCCC(=O)O)cc(CSC(=S)SCCC(=O)O)c1. The highest BCUT2D eigenvalue weighted by Crippen LogP contribution is 2.29. The molecule has 1 rings (SSSR count). The van der Waals surface area contributed by atoms with E-state index < -0.39 is 17.9 Å². The summed E-state index contributed by atoms with van der Waals surface area (Å²) in [7, 11) is 0. The summed E-state index contributed by atoms with van der Waals surface area (Å²) in [5.41, 5.74) is 3.22.